The molecular weight excluding hydrogens is 246 g/mol. The van der Waals surface area contributed by atoms with E-state index >= 15 is 0 Å². The van der Waals surface area contributed by atoms with Crippen molar-refractivity contribution in [1.82, 2.24) is 0 Å². The normalized spacial score (nSPS) is 11.6. The second-order valence-electron chi connectivity index (χ2n) is 1.83. The monoisotopic (exact) mass is 252 g/mol. The van der Waals surface area contributed by atoms with Gasteiger partial charge >= 0.3 is 82.4 Å². The Morgan fingerprint density at radius 3 is 2.45 bits per heavy atom. The van der Waals surface area contributed by atoms with E-state index in [-0.39, 0.29) is 15.0 Å². The number of hydrogen-bond acceptors (Lipinski definition) is 0. The van der Waals surface area contributed by atoms with E-state index in [1.165, 1.54) is 10.00 Å². The van der Waals surface area contributed by atoms with Crippen molar-refractivity contribution in [1.29, 1.82) is 0 Å². The maximum absolute atomic E-state index is 5.76. The van der Waals surface area contributed by atoms with Gasteiger partial charge in [-0.3, -0.25) is 0 Å². The van der Waals surface area contributed by atoms with Crippen LogP contribution in [0.25, 0.3) is 0 Å². The van der Waals surface area contributed by atoms with Crippen molar-refractivity contribution in [2.45, 2.75) is 0 Å². The quantitative estimate of drug-likeness (QED) is 0.708. The fraction of sp³-hybridized carbons (Fsp3) is 0. The van der Waals surface area contributed by atoms with Crippen LogP contribution >= 0.6 is 23.2 Å². The van der Waals surface area contributed by atoms with E-state index in [0.717, 1.165) is 3.93 Å². The van der Waals surface area contributed by atoms with Gasteiger partial charge in [-0.1, -0.05) is 0 Å². The van der Waals surface area contributed by atoms with Crippen LogP contribution in [0.2, 0.25) is 0 Å². The average molecular weight is 252 g/mol. The molecular formula is C8H6Cl2Se. The van der Waals surface area contributed by atoms with Gasteiger partial charge in [0.15, 0.2) is 0 Å². The molecule has 3 heteroatoms. The summed E-state index contributed by atoms with van der Waals surface area (Å²) in [5.41, 5.74) is 1.43. The Bertz CT molecular complexity index is 244. The summed E-state index contributed by atoms with van der Waals surface area (Å²) in [5, 5.41) is 0. The van der Waals surface area contributed by atoms with E-state index in [2.05, 4.69) is 0 Å². The van der Waals surface area contributed by atoms with Gasteiger partial charge in [0.1, 0.15) is 0 Å². The third-order valence-corrected chi connectivity index (χ3v) is 3.90. The zero-order valence-corrected chi connectivity index (χ0v) is 8.85. The summed E-state index contributed by atoms with van der Waals surface area (Å²) < 4.78 is 1.97. The molecule has 58 valence electrons. The number of benzene rings is 1. The summed E-state index contributed by atoms with van der Waals surface area (Å²) in [6, 6.07) is 10.1. The Morgan fingerprint density at radius 1 is 1.27 bits per heavy atom. The summed E-state index contributed by atoms with van der Waals surface area (Å²) >= 11 is 11.4. The van der Waals surface area contributed by atoms with Crippen LogP contribution in [0, 0.1) is 0 Å². The van der Waals surface area contributed by atoms with Crippen LogP contribution in [0.1, 0.15) is 0 Å². The van der Waals surface area contributed by atoms with Gasteiger partial charge in [-0.05, 0) is 0 Å². The van der Waals surface area contributed by atoms with Crippen LogP contribution < -0.4 is 4.46 Å². The van der Waals surface area contributed by atoms with Gasteiger partial charge in [0.05, 0.1) is 0 Å². The number of halogens is 2. The van der Waals surface area contributed by atoms with Crippen LogP contribution in [0.15, 0.2) is 39.8 Å². The maximum atomic E-state index is 5.76. The van der Waals surface area contributed by atoms with Gasteiger partial charge in [-0.25, -0.2) is 0 Å². The first-order valence-corrected chi connectivity index (χ1v) is 5.54. The third-order valence-electron chi connectivity index (χ3n) is 1.04. The molecule has 0 bridgehead atoms. The molecule has 0 amide bonds. The first-order chi connectivity index (χ1) is 5.33. The van der Waals surface area contributed by atoms with Crippen LogP contribution in [-0.4, -0.2) is 15.0 Å². The van der Waals surface area contributed by atoms with Crippen molar-refractivity contribution in [2.75, 3.05) is 0 Å². The molecule has 0 aliphatic heterocycles. The fourth-order valence-electron chi connectivity index (χ4n) is 0.623. The molecule has 0 spiro atoms. The van der Waals surface area contributed by atoms with Crippen molar-refractivity contribution in [3.8, 4) is 0 Å². The topological polar surface area (TPSA) is 0 Å². The number of hydrogen-bond donors (Lipinski definition) is 0. The SMILES string of the molecule is Cl/C=C(/Cl)[Se]c1ccccc1. The molecule has 0 radical (unpaired) electrons. The molecule has 1 aromatic carbocycles. The predicted octanol–water partition coefficient (Wildman–Crippen LogP) is 2.29. The van der Waals surface area contributed by atoms with Gasteiger partial charge in [0.2, 0.25) is 0 Å². The average Bonchev–Trinajstić information content (AvgIpc) is 2.06. The van der Waals surface area contributed by atoms with Crippen LogP contribution in [-0.2, 0) is 0 Å². The molecule has 0 fully saturated rings. The molecule has 0 N–H and O–H groups in total. The summed E-state index contributed by atoms with van der Waals surface area (Å²) in [4.78, 5) is 0. The standard InChI is InChI=1S/C8H6Cl2Se/c9-6-8(10)11-7-4-2-1-3-5-7/h1-6H/b8-6-. The molecule has 0 nitrogen and oxygen atoms in total. The molecule has 11 heavy (non-hydrogen) atoms. The van der Waals surface area contributed by atoms with E-state index < -0.39 is 0 Å². The van der Waals surface area contributed by atoms with Gasteiger partial charge in [0, 0.05) is 0 Å². The summed E-state index contributed by atoms with van der Waals surface area (Å²) in [5.74, 6) is 0. The minimum atomic E-state index is 0.171. The van der Waals surface area contributed by atoms with Crippen molar-refractivity contribution in [2.24, 2.45) is 0 Å². The van der Waals surface area contributed by atoms with Gasteiger partial charge in [-0.15, -0.1) is 0 Å². The third kappa shape index (κ3) is 3.31. The van der Waals surface area contributed by atoms with E-state index in [9.17, 15) is 0 Å². The molecule has 0 saturated heterocycles. The van der Waals surface area contributed by atoms with E-state index in [1.54, 1.807) is 0 Å². The molecule has 0 heterocycles. The van der Waals surface area contributed by atoms with Gasteiger partial charge in [0.25, 0.3) is 0 Å². The minimum absolute atomic E-state index is 0.171. The van der Waals surface area contributed by atoms with E-state index in [4.69, 9.17) is 23.2 Å². The second kappa shape index (κ2) is 4.84. The van der Waals surface area contributed by atoms with Crippen LogP contribution in [0.4, 0.5) is 0 Å². The zero-order chi connectivity index (χ0) is 8.10. The number of rotatable bonds is 2. The van der Waals surface area contributed by atoms with Crippen molar-refractivity contribution >= 4 is 42.6 Å². The first kappa shape index (κ1) is 9.15. The summed E-state index contributed by atoms with van der Waals surface area (Å²) in [6.45, 7) is 0. The Kier molecular flexibility index (Phi) is 4.03. The molecule has 0 aliphatic rings. The van der Waals surface area contributed by atoms with E-state index in [1.807, 2.05) is 30.3 Å². The van der Waals surface area contributed by atoms with Gasteiger partial charge in [-0.2, -0.15) is 0 Å². The van der Waals surface area contributed by atoms with Crippen LogP contribution in [0.3, 0.4) is 0 Å². The Hall–Kier alpha value is 0.0595. The molecule has 0 aromatic heterocycles. The second-order valence-corrected chi connectivity index (χ2v) is 5.30. The molecule has 0 aliphatic carbocycles. The zero-order valence-electron chi connectivity index (χ0n) is 5.63. The molecule has 0 saturated carbocycles. The summed E-state index contributed by atoms with van der Waals surface area (Å²) in [6.07, 6.45) is 0. The van der Waals surface area contributed by atoms with Crippen molar-refractivity contribution in [3.63, 3.8) is 0 Å². The van der Waals surface area contributed by atoms with Gasteiger partial charge < -0.3 is 0 Å². The fourth-order valence-corrected chi connectivity index (χ4v) is 2.50. The molecule has 1 aromatic rings. The van der Waals surface area contributed by atoms with Crippen molar-refractivity contribution < 1.29 is 0 Å². The molecule has 0 unspecified atom stereocenters. The predicted molar refractivity (Wildman–Crippen MR) is 51.6 cm³/mol. The van der Waals surface area contributed by atoms with E-state index in [0.29, 0.717) is 0 Å². The summed E-state index contributed by atoms with van der Waals surface area (Å²) in [7, 11) is 0. The van der Waals surface area contributed by atoms with Crippen LogP contribution in [0.5, 0.6) is 0 Å². The Labute approximate surface area is 82.4 Å². The first-order valence-electron chi connectivity index (χ1n) is 3.01. The molecule has 1 rings (SSSR count). The Morgan fingerprint density at radius 2 is 1.91 bits per heavy atom. The molecule has 0 atom stereocenters. The Balaban J connectivity index is 2.65. The van der Waals surface area contributed by atoms with Crippen molar-refractivity contribution in [3.05, 3.63) is 39.8 Å².